The van der Waals surface area contributed by atoms with Gasteiger partial charge in [-0.2, -0.15) is 0 Å². The zero-order chi connectivity index (χ0) is 12.2. The van der Waals surface area contributed by atoms with E-state index in [0.29, 0.717) is 0 Å². The highest BCUT2D eigenvalue weighted by Gasteiger charge is 2.38. The summed E-state index contributed by atoms with van der Waals surface area (Å²) in [5.41, 5.74) is -0.351. The molecule has 0 atom stereocenters. The highest BCUT2D eigenvalue weighted by atomic mass is 16.4. The molecule has 0 aromatic carbocycles. The summed E-state index contributed by atoms with van der Waals surface area (Å²) in [5, 5.41) is 19.0. The molecule has 0 aromatic rings. The molecule has 0 radical (unpaired) electrons. The number of hydrogen-bond acceptors (Lipinski definition) is 2. The van der Waals surface area contributed by atoms with E-state index in [4.69, 9.17) is 5.11 Å². The summed E-state index contributed by atoms with van der Waals surface area (Å²) < 4.78 is 0. The minimum Gasteiger partial charge on any atom is -0.481 e. The number of carboxylic acids is 1. The lowest BCUT2D eigenvalue weighted by atomic mass is 9.67. The van der Waals surface area contributed by atoms with Crippen molar-refractivity contribution in [3.63, 3.8) is 0 Å². The van der Waals surface area contributed by atoms with Gasteiger partial charge in [0.15, 0.2) is 0 Å². The fraction of sp³-hybridized carbons (Fsp3) is 0.923. The van der Waals surface area contributed by atoms with E-state index >= 15 is 0 Å². The molecule has 1 saturated carbocycles. The van der Waals surface area contributed by atoms with Crippen molar-refractivity contribution in [1.29, 1.82) is 0 Å². The molecule has 0 amide bonds. The molecule has 0 heterocycles. The molecule has 3 nitrogen and oxygen atoms in total. The number of hydrogen-bond donors (Lipinski definition) is 2. The molecular weight excluding hydrogens is 204 g/mol. The fourth-order valence-corrected chi connectivity index (χ4v) is 2.69. The standard InChI is InChI=1S/C13H24O3/c1-3-5-13(16)9-7-12(2,8-10-13)6-4-11(14)15/h16H,3-10H2,1-2H3,(H,14,15). The summed E-state index contributed by atoms with van der Waals surface area (Å²) in [6, 6.07) is 0. The zero-order valence-electron chi connectivity index (χ0n) is 10.5. The normalized spacial score (nSPS) is 34.9. The van der Waals surface area contributed by atoms with E-state index in [-0.39, 0.29) is 11.8 Å². The zero-order valence-corrected chi connectivity index (χ0v) is 10.5. The van der Waals surface area contributed by atoms with Crippen molar-refractivity contribution in [3.8, 4) is 0 Å². The van der Waals surface area contributed by atoms with Gasteiger partial charge in [-0.05, 0) is 43.9 Å². The second kappa shape index (κ2) is 5.17. The van der Waals surface area contributed by atoms with Crippen LogP contribution in [0.3, 0.4) is 0 Å². The van der Waals surface area contributed by atoms with Crippen LogP contribution in [0.15, 0.2) is 0 Å². The molecule has 1 aliphatic carbocycles. The lowest BCUT2D eigenvalue weighted by Crippen LogP contribution is -2.38. The third-order valence-electron chi connectivity index (χ3n) is 4.05. The van der Waals surface area contributed by atoms with Gasteiger partial charge in [0.05, 0.1) is 5.60 Å². The topological polar surface area (TPSA) is 57.5 Å². The van der Waals surface area contributed by atoms with Crippen LogP contribution in [0.2, 0.25) is 0 Å². The first-order chi connectivity index (χ1) is 7.39. The Labute approximate surface area is 97.9 Å². The van der Waals surface area contributed by atoms with E-state index in [1.54, 1.807) is 0 Å². The fourth-order valence-electron chi connectivity index (χ4n) is 2.69. The monoisotopic (exact) mass is 228 g/mol. The first kappa shape index (κ1) is 13.5. The minimum absolute atomic E-state index is 0.123. The Morgan fingerprint density at radius 3 is 2.19 bits per heavy atom. The van der Waals surface area contributed by atoms with Crippen molar-refractivity contribution >= 4 is 5.97 Å². The van der Waals surface area contributed by atoms with Gasteiger partial charge in [-0.15, -0.1) is 0 Å². The predicted octanol–water partition coefficient (Wildman–Crippen LogP) is 2.96. The average Bonchev–Trinajstić information content (AvgIpc) is 2.21. The molecule has 0 saturated heterocycles. The third-order valence-corrected chi connectivity index (χ3v) is 4.05. The lowest BCUT2D eigenvalue weighted by molar-refractivity contribution is -0.138. The highest BCUT2D eigenvalue weighted by Crippen LogP contribution is 2.45. The molecule has 0 bridgehead atoms. The summed E-state index contributed by atoms with van der Waals surface area (Å²) in [4.78, 5) is 10.6. The van der Waals surface area contributed by atoms with E-state index in [0.717, 1.165) is 44.9 Å². The van der Waals surface area contributed by atoms with E-state index in [9.17, 15) is 9.90 Å². The van der Waals surface area contributed by atoms with E-state index in [1.807, 2.05) is 0 Å². The first-order valence-electron chi connectivity index (χ1n) is 6.33. The maximum Gasteiger partial charge on any atom is 0.303 e. The molecule has 0 aliphatic heterocycles. The van der Waals surface area contributed by atoms with Crippen molar-refractivity contribution in [3.05, 3.63) is 0 Å². The largest absolute Gasteiger partial charge is 0.481 e. The second-order valence-electron chi connectivity index (χ2n) is 5.68. The summed E-state index contributed by atoms with van der Waals surface area (Å²) in [7, 11) is 0. The van der Waals surface area contributed by atoms with E-state index in [2.05, 4.69) is 13.8 Å². The van der Waals surface area contributed by atoms with Crippen LogP contribution in [-0.4, -0.2) is 21.8 Å². The molecule has 2 N–H and O–H groups in total. The Bertz CT molecular complexity index is 240. The van der Waals surface area contributed by atoms with Crippen molar-refractivity contribution < 1.29 is 15.0 Å². The maximum atomic E-state index is 10.6. The Morgan fingerprint density at radius 2 is 1.75 bits per heavy atom. The van der Waals surface area contributed by atoms with Crippen molar-refractivity contribution in [2.24, 2.45) is 5.41 Å². The van der Waals surface area contributed by atoms with Crippen LogP contribution in [0.4, 0.5) is 0 Å². The van der Waals surface area contributed by atoms with Crippen LogP contribution < -0.4 is 0 Å². The molecule has 1 aliphatic rings. The molecule has 16 heavy (non-hydrogen) atoms. The van der Waals surface area contributed by atoms with Crippen LogP contribution in [0.5, 0.6) is 0 Å². The third kappa shape index (κ3) is 3.78. The number of aliphatic carboxylic acids is 1. The number of rotatable bonds is 5. The van der Waals surface area contributed by atoms with E-state index in [1.165, 1.54) is 0 Å². The van der Waals surface area contributed by atoms with Gasteiger partial charge in [0.2, 0.25) is 0 Å². The molecule has 94 valence electrons. The molecule has 1 rings (SSSR count). The number of carboxylic acid groups (broad SMARTS) is 1. The summed E-state index contributed by atoms with van der Waals surface area (Å²) in [5.74, 6) is -0.712. The Morgan fingerprint density at radius 1 is 1.19 bits per heavy atom. The smallest absolute Gasteiger partial charge is 0.303 e. The molecular formula is C13H24O3. The average molecular weight is 228 g/mol. The Balaban J connectivity index is 2.43. The maximum absolute atomic E-state index is 10.6. The van der Waals surface area contributed by atoms with Gasteiger partial charge < -0.3 is 10.2 Å². The van der Waals surface area contributed by atoms with Crippen molar-refractivity contribution in [1.82, 2.24) is 0 Å². The van der Waals surface area contributed by atoms with Gasteiger partial charge in [-0.1, -0.05) is 20.3 Å². The molecule has 0 unspecified atom stereocenters. The van der Waals surface area contributed by atoms with Crippen LogP contribution in [0.25, 0.3) is 0 Å². The van der Waals surface area contributed by atoms with Gasteiger partial charge in [-0.25, -0.2) is 0 Å². The Hall–Kier alpha value is -0.570. The van der Waals surface area contributed by atoms with Gasteiger partial charge in [0.25, 0.3) is 0 Å². The molecule has 3 heteroatoms. The summed E-state index contributed by atoms with van der Waals surface area (Å²) >= 11 is 0. The molecule has 0 aromatic heterocycles. The lowest BCUT2D eigenvalue weighted by Gasteiger charge is -2.42. The Kier molecular flexibility index (Phi) is 4.36. The van der Waals surface area contributed by atoms with Crippen LogP contribution in [0, 0.1) is 5.41 Å². The minimum atomic E-state index is -0.712. The van der Waals surface area contributed by atoms with Crippen molar-refractivity contribution in [2.45, 2.75) is 70.8 Å². The SMILES string of the molecule is CCCC1(O)CCC(C)(CCC(=O)O)CC1. The van der Waals surface area contributed by atoms with Gasteiger partial charge >= 0.3 is 5.97 Å². The van der Waals surface area contributed by atoms with Crippen LogP contribution in [-0.2, 0) is 4.79 Å². The van der Waals surface area contributed by atoms with Crippen molar-refractivity contribution in [2.75, 3.05) is 0 Å². The predicted molar refractivity (Wildman–Crippen MR) is 63.3 cm³/mol. The quantitative estimate of drug-likeness (QED) is 0.760. The van der Waals surface area contributed by atoms with Crippen LogP contribution >= 0.6 is 0 Å². The number of carbonyl (C=O) groups is 1. The van der Waals surface area contributed by atoms with Gasteiger partial charge in [-0.3, -0.25) is 4.79 Å². The van der Waals surface area contributed by atoms with Gasteiger partial charge in [0, 0.05) is 6.42 Å². The highest BCUT2D eigenvalue weighted by molar-refractivity contribution is 5.66. The molecule has 1 fully saturated rings. The number of aliphatic hydroxyl groups is 1. The van der Waals surface area contributed by atoms with Gasteiger partial charge in [0.1, 0.15) is 0 Å². The van der Waals surface area contributed by atoms with E-state index < -0.39 is 11.6 Å². The summed E-state index contributed by atoms with van der Waals surface area (Å²) in [6.45, 7) is 4.25. The van der Waals surface area contributed by atoms with Crippen LogP contribution in [0.1, 0.15) is 65.2 Å². The summed E-state index contributed by atoms with van der Waals surface area (Å²) in [6.07, 6.45) is 6.46. The second-order valence-corrected chi connectivity index (χ2v) is 5.68. The first-order valence-corrected chi connectivity index (χ1v) is 6.33. The molecule has 0 spiro atoms.